The Bertz CT molecular complexity index is 987. The van der Waals surface area contributed by atoms with Crippen molar-refractivity contribution in [2.45, 2.75) is 18.6 Å². The number of carbonyl (C=O) groups excluding carboxylic acids is 1. The predicted molar refractivity (Wildman–Crippen MR) is 119 cm³/mol. The molecule has 1 aromatic heterocycles. The Labute approximate surface area is 180 Å². The van der Waals surface area contributed by atoms with Crippen molar-refractivity contribution in [3.05, 3.63) is 88.1 Å². The van der Waals surface area contributed by atoms with Crippen molar-refractivity contribution in [1.29, 1.82) is 0 Å². The quantitative estimate of drug-likeness (QED) is 0.692. The van der Waals surface area contributed by atoms with Crippen LogP contribution in [0.25, 0.3) is 0 Å². The van der Waals surface area contributed by atoms with Crippen LogP contribution in [0.15, 0.2) is 72.1 Å². The van der Waals surface area contributed by atoms with E-state index in [0.29, 0.717) is 13.2 Å². The molecule has 0 radical (unpaired) electrons. The van der Waals surface area contributed by atoms with E-state index in [9.17, 15) is 4.79 Å². The average molecular weight is 420 g/mol. The Balaban J connectivity index is 1.48. The summed E-state index contributed by atoms with van der Waals surface area (Å²) >= 11 is 1.78. The van der Waals surface area contributed by atoms with Gasteiger partial charge >= 0.3 is 6.03 Å². The molecule has 0 aliphatic carbocycles. The number of amides is 2. The zero-order valence-electron chi connectivity index (χ0n) is 16.7. The van der Waals surface area contributed by atoms with Gasteiger partial charge in [-0.1, -0.05) is 54.6 Å². The van der Waals surface area contributed by atoms with Crippen LogP contribution in [-0.4, -0.2) is 48.1 Å². The van der Waals surface area contributed by atoms with Crippen LogP contribution in [0.3, 0.4) is 0 Å². The molecule has 2 aliphatic rings. The summed E-state index contributed by atoms with van der Waals surface area (Å²) in [5, 5.41) is 5.18. The van der Waals surface area contributed by atoms with Crippen molar-refractivity contribution in [2.24, 2.45) is 0 Å². The number of carbonyl (C=O) groups is 1. The molecule has 154 valence electrons. The summed E-state index contributed by atoms with van der Waals surface area (Å²) in [4.78, 5) is 19.1. The molecule has 1 N–H and O–H groups in total. The lowest BCUT2D eigenvalue weighted by Gasteiger charge is -2.48. The van der Waals surface area contributed by atoms with Crippen LogP contribution in [0.2, 0.25) is 0 Å². The molecule has 1 unspecified atom stereocenters. The van der Waals surface area contributed by atoms with Crippen molar-refractivity contribution in [1.82, 2.24) is 15.1 Å². The molecule has 2 aliphatic heterocycles. The van der Waals surface area contributed by atoms with Gasteiger partial charge in [0.2, 0.25) is 0 Å². The fraction of sp³-hybridized carbons (Fsp3) is 0.292. The average Bonchev–Trinajstić information content (AvgIpc) is 3.27. The standard InChI is InChI=1S/C24H25N3O2S/c28-24-25-12-13-29-22-11-5-4-10-21(22)23(18-7-2-1-3-8-18)27(24)19-15-26(16-19)17-20-9-6-14-30-20/h1-11,14,19,23H,12-13,15-17H2,(H,25,28). The third-order valence-electron chi connectivity index (χ3n) is 5.77. The summed E-state index contributed by atoms with van der Waals surface area (Å²) in [5.41, 5.74) is 2.14. The highest BCUT2D eigenvalue weighted by molar-refractivity contribution is 7.09. The Hall–Kier alpha value is -2.83. The minimum atomic E-state index is -0.186. The molecular formula is C24H25N3O2S. The normalized spacial score (nSPS) is 20.2. The topological polar surface area (TPSA) is 44.8 Å². The number of hydrogen-bond acceptors (Lipinski definition) is 4. The summed E-state index contributed by atoms with van der Waals surface area (Å²) in [7, 11) is 0. The van der Waals surface area contributed by atoms with Gasteiger partial charge in [-0.05, 0) is 23.1 Å². The fourth-order valence-corrected chi connectivity index (χ4v) is 5.08. The second kappa shape index (κ2) is 8.50. The molecule has 5 rings (SSSR count). The van der Waals surface area contributed by atoms with E-state index in [1.54, 1.807) is 11.3 Å². The zero-order chi connectivity index (χ0) is 20.3. The van der Waals surface area contributed by atoms with Crippen molar-refractivity contribution in [2.75, 3.05) is 26.2 Å². The minimum Gasteiger partial charge on any atom is -0.491 e. The molecule has 1 saturated heterocycles. The lowest BCUT2D eigenvalue weighted by atomic mass is 9.93. The van der Waals surface area contributed by atoms with Crippen LogP contribution >= 0.6 is 11.3 Å². The molecule has 2 aromatic carbocycles. The monoisotopic (exact) mass is 419 g/mol. The van der Waals surface area contributed by atoms with Gasteiger partial charge in [-0.3, -0.25) is 4.90 Å². The molecule has 5 nitrogen and oxygen atoms in total. The second-order valence-corrected chi connectivity index (χ2v) is 8.80. The molecule has 1 atom stereocenters. The maximum absolute atomic E-state index is 13.3. The van der Waals surface area contributed by atoms with Gasteiger partial charge in [-0.2, -0.15) is 0 Å². The molecular weight excluding hydrogens is 394 g/mol. The van der Waals surface area contributed by atoms with Crippen LogP contribution < -0.4 is 10.1 Å². The van der Waals surface area contributed by atoms with Gasteiger partial charge in [0.05, 0.1) is 18.6 Å². The molecule has 3 heterocycles. The van der Waals surface area contributed by atoms with Crippen LogP contribution in [0, 0.1) is 0 Å². The first-order chi connectivity index (χ1) is 14.8. The number of nitrogens with zero attached hydrogens (tertiary/aromatic N) is 2. The number of thiophene rings is 1. The zero-order valence-corrected chi connectivity index (χ0v) is 17.6. The highest BCUT2D eigenvalue weighted by atomic mass is 32.1. The third kappa shape index (κ3) is 3.80. The second-order valence-electron chi connectivity index (χ2n) is 7.77. The molecule has 6 heteroatoms. The SMILES string of the molecule is O=C1NCCOc2ccccc2C(c2ccccc2)N1C1CN(Cc2cccs2)C1. The number of fused-ring (bicyclic) bond motifs is 1. The van der Waals surface area contributed by atoms with E-state index in [2.05, 4.69) is 45.9 Å². The number of urea groups is 1. The predicted octanol–water partition coefficient (Wildman–Crippen LogP) is 4.13. The van der Waals surface area contributed by atoms with Crippen molar-refractivity contribution < 1.29 is 9.53 Å². The number of nitrogens with one attached hydrogen (secondary N) is 1. The van der Waals surface area contributed by atoms with Gasteiger partial charge in [0, 0.05) is 30.1 Å². The summed E-state index contributed by atoms with van der Waals surface area (Å²) in [5.74, 6) is 0.850. The Morgan fingerprint density at radius 2 is 1.80 bits per heavy atom. The molecule has 30 heavy (non-hydrogen) atoms. The van der Waals surface area contributed by atoms with Gasteiger partial charge in [0.1, 0.15) is 12.4 Å². The number of rotatable bonds is 4. The van der Waals surface area contributed by atoms with Crippen LogP contribution in [0.4, 0.5) is 4.79 Å². The third-order valence-corrected chi connectivity index (χ3v) is 6.63. The molecule has 3 aromatic rings. The highest BCUT2D eigenvalue weighted by Crippen LogP contribution is 2.38. The largest absolute Gasteiger partial charge is 0.491 e. The number of hydrogen-bond donors (Lipinski definition) is 1. The first-order valence-electron chi connectivity index (χ1n) is 10.4. The van der Waals surface area contributed by atoms with Gasteiger partial charge in [-0.15, -0.1) is 11.3 Å². The maximum atomic E-state index is 13.3. The molecule has 0 spiro atoms. The van der Waals surface area contributed by atoms with E-state index in [-0.39, 0.29) is 18.1 Å². The van der Waals surface area contributed by atoms with Crippen molar-refractivity contribution in [3.8, 4) is 5.75 Å². The number of ether oxygens (including phenoxy) is 1. The van der Waals surface area contributed by atoms with Gasteiger partial charge in [0.15, 0.2) is 0 Å². The highest BCUT2D eigenvalue weighted by Gasteiger charge is 2.40. The summed E-state index contributed by atoms with van der Waals surface area (Å²) in [6.45, 7) is 3.65. The fourth-order valence-electron chi connectivity index (χ4n) is 4.34. The van der Waals surface area contributed by atoms with Gasteiger partial charge in [0.25, 0.3) is 0 Å². The summed E-state index contributed by atoms with van der Waals surface area (Å²) in [6, 6.07) is 22.6. The van der Waals surface area contributed by atoms with Crippen LogP contribution in [0.1, 0.15) is 22.0 Å². The maximum Gasteiger partial charge on any atom is 0.318 e. The Kier molecular flexibility index (Phi) is 5.43. The summed E-state index contributed by atoms with van der Waals surface area (Å²) < 4.78 is 6.03. The van der Waals surface area contributed by atoms with Gasteiger partial charge < -0.3 is 15.0 Å². The smallest absolute Gasteiger partial charge is 0.318 e. The molecule has 2 amide bonds. The van der Waals surface area contributed by atoms with Crippen molar-refractivity contribution >= 4 is 17.4 Å². The van der Waals surface area contributed by atoms with Crippen molar-refractivity contribution in [3.63, 3.8) is 0 Å². The Morgan fingerprint density at radius 3 is 2.60 bits per heavy atom. The van der Waals surface area contributed by atoms with E-state index in [0.717, 1.165) is 36.5 Å². The molecule has 1 fully saturated rings. The van der Waals surface area contributed by atoms with E-state index >= 15 is 0 Å². The number of benzene rings is 2. The summed E-state index contributed by atoms with van der Waals surface area (Å²) in [6.07, 6.45) is 0. The number of likely N-dealkylation sites (tertiary alicyclic amines) is 1. The molecule has 0 saturated carbocycles. The van der Waals surface area contributed by atoms with Crippen LogP contribution in [-0.2, 0) is 6.54 Å². The van der Waals surface area contributed by atoms with E-state index in [1.165, 1.54) is 4.88 Å². The van der Waals surface area contributed by atoms with Crippen LogP contribution in [0.5, 0.6) is 5.75 Å². The lowest BCUT2D eigenvalue weighted by Crippen LogP contribution is -2.62. The van der Waals surface area contributed by atoms with Gasteiger partial charge in [-0.25, -0.2) is 4.79 Å². The first kappa shape index (κ1) is 19.2. The Morgan fingerprint density at radius 1 is 1.00 bits per heavy atom. The minimum absolute atomic E-state index is 0.0232. The number of para-hydroxylation sites is 1. The first-order valence-corrected chi connectivity index (χ1v) is 11.2. The van der Waals surface area contributed by atoms with E-state index in [1.807, 2.05) is 41.3 Å². The van der Waals surface area contributed by atoms with E-state index in [4.69, 9.17) is 4.74 Å². The lowest BCUT2D eigenvalue weighted by molar-refractivity contribution is 0.0354. The van der Waals surface area contributed by atoms with E-state index < -0.39 is 0 Å². The molecule has 0 bridgehead atoms.